The second kappa shape index (κ2) is 8.80. The van der Waals surface area contributed by atoms with Gasteiger partial charge in [0.2, 0.25) is 0 Å². The van der Waals surface area contributed by atoms with Crippen molar-refractivity contribution in [3.63, 3.8) is 0 Å². The average molecular weight is 345 g/mol. The van der Waals surface area contributed by atoms with E-state index in [9.17, 15) is 4.79 Å². The number of urea groups is 1. The minimum atomic E-state index is -0.00163. The number of hydrogen-bond acceptors (Lipinski definition) is 4. The SMILES string of the molecule is O=C(NCCc1cscn1)N1CCOC(CCc2ccccc2)C1. The van der Waals surface area contributed by atoms with Crippen LogP contribution in [0, 0.1) is 0 Å². The lowest BCUT2D eigenvalue weighted by Gasteiger charge is -2.33. The van der Waals surface area contributed by atoms with Gasteiger partial charge in [-0.1, -0.05) is 30.3 Å². The first-order valence-electron chi connectivity index (χ1n) is 8.36. The highest BCUT2D eigenvalue weighted by molar-refractivity contribution is 7.07. The van der Waals surface area contributed by atoms with Crippen LogP contribution in [-0.4, -0.2) is 48.3 Å². The van der Waals surface area contributed by atoms with Gasteiger partial charge in [-0.05, 0) is 18.4 Å². The first-order chi connectivity index (χ1) is 11.8. The summed E-state index contributed by atoms with van der Waals surface area (Å²) in [6, 6.07) is 10.4. The number of thiazole rings is 1. The third-order valence-electron chi connectivity index (χ3n) is 4.16. The monoisotopic (exact) mass is 345 g/mol. The minimum absolute atomic E-state index is 0.00163. The summed E-state index contributed by atoms with van der Waals surface area (Å²) in [5, 5.41) is 5.00. The Hall–Kier alpha value is -1.92. The predicted octanol–water partition coefficient (Wildman–Crippen LogP) is 2.73. The van der Waals surface area contributed by atoms with Crippen molar-refractivity contribution in [2.24, 2.45) is 0 Å². The number of amides is 2. The number of ether oxygens (including phenoxy) is 1. The van der Waals surface area contributed by atoms with Gasteiger partial charge in [0.1, 0.15) is 0 Å². The smallest absolute Gasteiger partial charge is 0.317 e. The molecule has 0 bridgehead atoms. The molecule has 1 aromatic carbocycles. The van der Waals surface area contributed by atoms with Gasteiger partial charge in [-0.2, -0.15) is 0 Å². The first-order valence-corrected chi connectivity index (χ1v) is 9.31. The molecule has 3 rings (SSSR count). The largest absolute Gasteiger partial charge is 0.375 e. The highest BCUT2D eigenvalue weighted by Gasteiger charge is 2.23. The molecule has 0 aliphatic carbocycles. The van der Waals surface area contributed by atoms with E-state index >= 15 is 0 Å². The molecule has 1 aromatic heterocycles. The van der Waals surface area contributed by atoms with Gasteiger partial charge < -0.3 is 15.0 Å². The zero-order chi connectivity index (χ0) is 16.6. The van der Waals surface area contributed by atoms with E-state index in [1.807, 2.05) is 21.9 Å². The summed E-state index contributed by atoms with van der Waals surface area (Å²) in [6.07, 6.45) is 2.80. The minimum Gasteiger partial charge on any atom is -0.375 e. The van der Waals surface area contributed by atoms with Crippen LogP contribution in [0.15, 0.2) is 41.2 Å². The number of benzene rings is 1. The van der Waals surface area contributed by atoms with Crippen molar-refractivity contribution in [2.45, 2.75) is 25.4 Å². The van der Waals surface area contributed by atoms with Crippen LogP contribution in [-0.2, 0) is 17.6 Å². The molecular weight excluding hydrogens is 322 g/mol. The molecule has 1 atom stereocenters. The van der Waals surface area contributed by atoms with E-state index in [2.05, 4.69) is 34.6 Å². The number of hydrogen-bond donors (Lipinski definition) is 1. The number of aromatic nitrogens is 1. The van der Waals surface area contributed by atoms with E-state index < -0.39 is 0 Å². The van der Waals surface area contributed by atoms with E-state index in [4.69, 9.17) is 4.74 Å². The van der Waals surface area contributed by atoms with Crippen molar-refractivity contribution in [1.82, 2.24) is 15.2 Å². The second-order valence-corrected chi connectivity index (χ2v) is 6.64. The van der Waals surface area contributed by atoms with E-state index in [1.165, 1.54) is 5.56 Å². The molecule has 1 aliphatic heterocycles. The Kier molecular flexibility index (Phi) is 6.20. The van der Waals surface area contributed by atoms with E-state index in [1.54, 1.807) is 11.3 Å². The molecule has 2 aromatic rings. The summed E-state index contributed by atoms with van der Waals surface area (Å²) in [5.41, 5.74) is 4.16. The number of nitrogens with zero attached hydrogens (tertiary/aromatic N) is 2. The van der Waals surface area contributed by atoms with Gasteiger partial charge in [-0.3, -0.25) is 0 Å². The molecule has 1 saturated heterocycles. The van der Waals surface area contributed by atoms with Crippen LogP contribution >= 0.6 is 11.3 Å². The molecule has 0 radical (unpaired) electrons. The molecule has 1 unspecified atom stereocenters. The molecule has 1 N–H and O–H groups in total. The van der Waals surface area contributed by atoms with Crippen LogP contribution in [0.5, 0.6) is 0 Å². The highest BCUT2D eigenvalue weighted by Crippen LogP contribution is 2.12. The van der Waals surface area contributed by atoms with Crippen molar-refractivity contribution < 1.29 is 9.53 Å². The van der Waals surface area contributed by atoms with Crippen LogP contribution in [0.25, 0.3) is 0 Å². The number of carbonyl (C=O) groups is 1. The van der Waals surface area contributed by atoms with Crippen molar-refractivity contribution in [3.8, 4) is 0 Å². The maximum atomic E-state index is 12.3. The van der Waals surface area contributed by atoms with Crippen LogP contribution in [0.3, 0.4) is 0 Å². The number of morpholine rings is 1. The summed E-state index contributed by atoms with van der Waals surface area (Å²) >= 11 is 1.58. The predicted molar refractivity (Wildman–Crippen MR) is 95.3 cm³/mol. The highest BCUT2D eigenvalue weighted by atomic mass is 32.1. The van der Waals surface area contributed by atoms with Crippen LogP contribution in [0.2, 0.25) is 0 Å². The average Bonchev–Trinajstić information content (AvgIpc) is 3.14. The Morgan fingerprint density at radius 1 is 1.33 bits per heavy atom. The van der Waals surface area contributed by atoms with E-state index in [-0.39, 0.29) is 12.1 Å². The van der Waals surface area contributed by atoms with E-state index in [0.717, 1.165) is 25.0 Å². The van der Waals surface area contributed by atoms with Crippen molar-refractivity contribution in [2.75, 3.05) is 26.2 Å². The summed E-state index contributed by atoms with van der Waals surface area (Å²) in [7, 11) is 0. The molecule has 5 nitrogen and oxygen atoms in total. The van der Waals surface area contributed by atoms with Crippen molar-refractivity contribution >= 4 is 17.4 Å². The molecular formula is C18H23N3O2S. The Morgan fingerprint density at radius 2 is 2.21 bits per heavy atom. The van der Waals surface area contributed by atoms with Crippen molar-refractivity contribution in [1.29, 1.82) is 0 Å². The Morgan fingerprint density at radius 3 is 3.00 bits per heavy atom. The molecule has 0 spiro atoms. The maximum absolute atomic E-state index is 12.3. The third kappa shape index (κ3) is 5.04. The lowest BCUT2D eigenvalue weighted by atomic mass is 10.1. The number of carbonyl (C=O) groups excluding carboxylic acids is 1. The van der Waals surface area contributed by atoms with Gasteiger partial charge in [-0.25, -0.2) is 9.78 Å². The third-order valence-corrected chi connectivity index (χ3v) is 4.80. The van der Waals surface area contributed by atoms with Crippen LogP contribution < -0.4 is 5.32 Å². The fourth-order valence-corrected chi connectivity index (χ4v) is 3.41. The Balaban J connectivity index is 1.40. The molecule has 128 valence electrons. The topological polar surface area (TPSA) is 54.5 Å². The molecule has 2 amide bonds. The van der Waals surface area contributed by atoms with Gasteiger partial charge in [0.15, 0.2) is 0 Å². The van der Waals surface area contributed by atoms with Gasteiger partial charge in [0, 0.05) is 31.4 Å². The van der Waals surface area contributed by atoms with Gasteiger partial charge >= 0.3 is 6.03 Å². The molecule has 6 heteroatoms. The summed E-state index contributed by atoms with van der Waals surface area (Å²) < 4.78 is 5.81. The quantitative estimate of drug-likeness (QED) is 0.876. The first kappa shape index (κ1) is 16.9. The van der Waals surface area contributed by atoms with E-state index in [0.29, 0.717) is 26.2 Å². The molecule has 1 fully saturated rings. The fourth-order valence-electron chi connectivity index (χ4n) is 2.82. The zero-order valence-electron chi connectivity index (χ0n) is 13.7. The van der Waals surface area contributed by atoms with Crippen LogP contribution in [0.4, 0.5) is 4.79 Å². The molecule has 2 heterocycles. The van der Waals surface area contributed by atoms with Crippen molar-refractivity contribution in [3.05, 3.63) is 52.5 Å². The Bertz CT molecular complexity index is 618. The molecule has 0 saturated carbocycles. The summed E-state index contributed by atoms with van der Waals surface area (Å²) in [6.45, 7) is 2.55. The maximum Gasteiger partial charge on any atom is 0.317 e. The number of nitrogens with one attached hydrogen (secondary N) is 1. The number of aryl methyl sites for hydroxylation is 1. The second-order valence-electron chi connectivity index (χ2n) is 5.92. The zero-order valence-corrected chi connectivity index (χ0v) is 14.5. The van der Waals surface area contributed by atoms with Gasteiger partial charge in [0.05, 0.1) is 23.9 Å². The Labute approximate surface area is 146 Å². The fraction of sp³-hybridized carbons (Fsp3) is 0.444. The number of rotatable bonds is 6. The summed E-state index contributed by atoms with van der Waals surface area (Å²) in [4.78, 5) is 18.4. The lowest BCUT2D eigenvalue weighted by Crippen LogP contribution is -2.50. The van der Waals surface area contributed by atoms with Crippen LogP contribution in [0.1, 0.15) is 17.7 Å². The van der Waals surface area contributed by atoms with Gasteiger partial charge in [-0.15, -0.1) is 11.3 Å². The normalized spacial score (nSPS) is 17.7. The molecule has 24 heavy (non-hydrogen) atoms. The standard InChI is InChI=1S/C18H23N3O2S/c22-18(19-9-8-16-13-24-14-20-16)21-10-11-23-17(12-21)7-6-15-4-2-1-3-5-15/h1-5,13-14,17H,6-12H2,(H,19,22). The molecule has 1 aliphatic rings. The summed E-state index contributed by atoms with van der Waals surface area (Å²) in [5.74, 6) is 0. The van der Waals surface area contributed by atoms with Gasteiger partial charge in [0.25, 0.3) is 0 Å². The lowest BCUT2D eigenvalue weighted by molar-refractivity contribution is -0.0175.